The lowest BCUT2D eigenvalue weighted by molar-refractivity contribution is 0.314. The van der Waals surface area contributed by atoms with Gasteiger partial charge in [-0.05, 0) is 38.3 Å². The van der Waals surface area contributed by atoms with E-state index >= 15 is 0 Å². The fourth-order valence-corrected chi connectivity index (χ4v) is 4.23. The molecule has 1 aliphatic rings. The predicted molar refractivity (Wildman–Crippen MR) is 117 cm³/mol. The normalized spacial score (nSPS) is 17.4. The summed E-state index contributed by atoms with van der Waals surface area (Å²) < 4.78 is 2.28. The van der Waals surface area contributed by atoms with E-state index in [2.05, 4.69) is 82.6 Å². The number of hydrogen-bond acceptors (Lipinski definition) is 2. The molecule has 0 atom stereocenters. The molecule has 0 unspecified atom stereocenters. The molecule has 0 fully saturated rings. The van der Waals surface area contributed by atoms with Gasteiger partial charge in [0.15, 0.2) is 0 Å². The second kappa shape index (κ2) is 6.58. The second-order valence-corrected chi connectivity index (χ2v) is 9.49. The van der Waals surface area contributed by atoms with E-state index in [1.54, 1.807) is 0 Å². The van der Waals surface area contributed by atoms with Gasteiger partial charge in [-0.1, -0.05) is 57.5 Å². The number of nitrogens with zero attached hydrogens (tertiary/aromatic N) is 3. The highest BCUT2D eigenvalue weighted by Gasteiger charge is 2.39. The third-order valence-electron chi connectivity index (χ3n) is 6.31. The Morgan fingerprint density at radius 2 is 1.57 bits per heavy atom. The van der Waals surface area contributed by atoms with Crippen molar-refractivity contribution in [1.29, 1.82) is 0 Å². The molecule has 3 aromatic rings. The van der Waals surface area contributed by atoms with Gasteiger partial charge in [-0.25, -0.2) is 4.98 Å². The Bertz CT molecular complexity index is 1010. The summed E-state index contributed by atoms with van der Waals surface area (Å²) in [5.74, 6) is 0. The van der Waals surface area contributed by atoms with Crippen LogP contribution in [0.15, 0.2) is 42.7 Å². The van der Waals surface area contributed by atoms with Crippen molar-refractivity contribution < 1.29 is 0 Å². The average molecular weight is 374 g/mol. The molecule has 0 aliphatic heterocycles. The molecule has 3 heteroatoms. The van der Waals surface area contributed by atoms with Crippen molar-refractivity contribution in [2.45, 2.75) is 71.8 Å². The Balaban J connectivity index is 1.83. The highest BCUT2D eigenvalue weighted by Crippen LogP contribution is 2.44. The zero-order chi connectivity index (χ0) is 20.1. The van der Waals surface area contributed by atoms with Crippen LogP contribution in [0.3, 0.4) is 0 Å². The fourth-order valence-electron chi connectivity index (χ4n) is 4.23. The molecular formula is C25H31N3. The molecule has 2 heterocycles. The van der Waals surface area contributed by atoms with E-state index in [1.165, 1.54) is 28.1 Å². The molecule has 0 radical (unpaired) electrons. The molecule has 1 aliphatic carbocycles. The van der Waals surface area contributed by atoms with Crippen LogP contribution in [0.2, 0.25) is 0 Å². The van der Waals surface area contributed by atoms with Gasteiger partial charge in [0.05, 0.1) is 23.3 Å². The summed E-state index contributed by atoms with van der Waals surface area (Å²) in [4.78, 5) is 10.1. The second-order valence-electron chi connectivity index (χ2n) is 9.49. The standard InChI is InChI=1S/C25H31N3/c1-7-28-16-19(18-10-8-17(2)9-11-18)14-21(28)20-15-26-22-23(27-20)25(5,6)13-12-24(22,3)4/h8-11,14-16H,7,12-13H2,1-6H3. The van der Waals surface area contributed by atoms with Gasteiger partial charge in [-0.15, -0.1) is 0 Å². The minimum atomic E-state index is 0.0668. The van der Waals surface area contributed by atoms with Crippen molar-refractivity contribution in [2.24, 2.45) is 0 Å². The monoisotopic (exact) mass is 373 g/mol. The lowest BCUT2D eigenvalue weighted by atomic mass is 9.67. The smallest absolute Gasteiger partial charge is 0.105 e. The Kier molecular flexibility index (Phi) is 4.45. The topological polar surface area (TPSA) is 30.7 Å². The van der Waals surface area contributed by atoms with Crippen molar-refractivity contribution in [2.75, 3.05) is 0 Å². The molecule has 0 saturated heterocycles. The van der Waals surface area contributed by atoms with Crippen LogP contribution in [-0.2, 0) is 17.4 Å². The third kappa shape index (κ3) is 3.17. The summed E-state index contributed by atoms with van der Waals surface area (Å²) in [6.07, 6.45) is 6.51. The first-order valence-electron chi connectivity index (χ1n) is 10.4. The Morgan fingerprint density at radius 3 is 2.21 bits per heavy atom. The minimum absolute atomic E-state index is 0.0668. The van der Waals surface area contributed by atoms with Crippen LogP contribution in [0, 0.1) is 6.92 Å². The first-order chi connectivity index (χ1) is 13.2. The van der Waals surface area contributed by atoms with Crippen LogP contribution < -0.4 is 0 Å². The summed E-state index contributed by atoms with van der Waals surface area (Å²) in [5.41, 5.74) is 8.37. The molecule has 4 rings (SSSR count). The van der Waals surface area contributed by atoms with Crippen LogP contribution in [0.1, 0.15) is 64.4 Å². The van der Waals surface area contributed by atoms with E-state index in [1.807, 2.05) is 6.20 Å². The maximum absolute atomic E-state index is 5.18. The molecule has 0 bridgehead atoms. The maximum atomic E-state index is 5.18. The number of fused-ring (bicyclic) bond motifs is 1. The highest BCUT2D eigenvalue weighted by molar-refractivity contribution is 5.70. The lowest BCUT2D eigenvalue weighted by Crippen LogP contribution is -2.36. The van der Waals surface area contributed by atoms with Crippen molar-refractivity contribution >= 4 is 0 Å². The lowest BCUT2D eigenvalue weighted by Gasteiger charge is -2.39. The van der Waals surface area contributed by atoms with Gasteiger partial charge in [0.1, 0.15) is 5.69 Å². The van der Waals surface area contributed by atoms with Crippen LogP contribution in [0.5, 0.6) is 0 Å². The van der Waals surface area contributed by atoms with E-state index in [0.29, 0.717) is 0 Å². The largest absolute Gasteiger partial charge is 0.346 e. The molecule has 2 aromatic heterocycles. The zero-order valence-corrected chi connectivity index (χ0v) is 18.0. The predicted octanol–water partition coefficient (Wildman–Crippen LogP) is 6.29. The number of benzene rings is 1. The first kappa shape index (κ1) is 18.9. The average Bonchev–Trinajstić information content (AvgIpc) is 3.10. The summed E-state index contributed by atoms with van der Waals surface area (Å²) in [5, 5.41) is 0. The van der Waals surface area contributed by atoms with Gasteiger partial charge >= 0.3 is 0 Å². The molecule has 146 valence electrons. The summed E-state index contributed by atoms with van der Waals surface area (Å²) in [6.45, 7) is 14.4. The summed E-state index contributed by atoms with van der Waals surface area (Å²) in [7, 11) is 0. The van der Waals surface area contributed by atoms with Gasteiger partial charge in [-0.3, -0.25) is 4.98 Å². The SMILES string of the molecule is CCn1cc(-c2ccc(C)cc2)cc1-c1cnc2c(n1)C(C)(C)CCC2(C)C. The van der Waals surface area contributed by atoms with E-state index in [9.17, 15) is 0 Å². The van der Waals surface area contributed by atoms with E-state index in [0.717, 1.165) is 30.8 Å². The van der Waals surface area contributed by atoms with Gasteiger partial charge in [0.25, 0.3) is 0 Å². The van der Waals surface area contributed by atoms with Crippen LogP contribution in [0.25, 0.3) is 22.5 Å². The molecule has 1 aromatic carbocycles. The Morgan fingerprint density at radius 1 is 0.929 bits per heavy atom. The zero-order valence-electron chi connectivity index (χ0n) is 18.0. The summed E-state index contributed by atoms with van der Waals surface area (Å²) in [6, 6.07) is 11.0. The van der Waals surface area contributed by atoms with Gasteiger partial charge < -0.3 is 4.57 Å². The molecular weight excluding hydrogens is 342 g/mol. The van der Waals surface area contributed by atoms with Crippen LogP contribution in [0.4, 0.5) is 0 Å². The fraction of sp³-hybridized carbons (Fsp3) is 0.440. The molecule has 0 N–H and O–H groups in total. The maximum Gasteiger partial charge on any atom is 0.105 e. The minimum Gasteiger partial charge on any atom is -0.346 e. The molecule has 0 amide bonds. The first-order valence-corrected chi connectivity index (χ1v) is 10.4. The molecule has 3 nitrogen and oxygen atoms in total. The van der Waals surface area contributed by atoms with Crippen molar-refractivity contribution in [3.8, 4) is 22.5 Å². The Labute approximate surface area is 168 Å². The van der Waals surface area contributed by atoms with E-state index in [-0.39, 0.29) is 10.8 Å². The number of aryl methyl sites for hydroxylation is 2. The highest BCUT2D eigenvalue weighted by atomic mass is 15.0. The number of rotatable bonds is 3. The summed E-state index contributed by atoms with van der Waals surface area (Å²) >= 11 is 0. The number of hydrogen-bond donors (Lipinski definition) is 0. The number of aromatic nitrogens is 3. The van der Waals surface area contributed by atoms with Crippen LogP contribution >= 0.6 is 0 Å². The molecule has 28 heavy (non-hydrogen) atoms. The van der Waals surface area contributed by atoms with E-state index < -0.39 is 0 Å². The third-order valence-corrected chi connectivity index (χ3v) is 6.31. The van der Waals surface area contributed by atoms with Crippen molar-refractivity contribution in [3.63, 3.8) is 0 Å². The van der Waals surface area contributed by atoms with Gasteiger partial charge in [0.2, 0.25) is 0 Å². The van der Waals surface area contributed by atoms with Crippen molar-refractivity contribution in [3.05, 3.63) is 59.7 Å². The van der Waals surface area contributed by atoms with Crippen LogP contribution in [-0.4, -0.2) is 14.5 Å². The Hall–Kier alpha value is -2.42. The molecule has 0 saturated carbocycles. The van der Waals surface area contributed by atoms with Crippen molar-refractivity contribution in [1.82, 2.24) is 14.5 Å². The molecule has 0 spiro atoms. The van der Waals surface area contributed by atoms with Gasteiger partial charge in [-0.2, -0.15) is 0 Å². The quantitative estimate of drug-likeness (QED) is 0.540. The van der Waals surface area contributed by atoms with Gasteiger partial charge in [0, 0.05) is 29.1 Å². The van der Waals surface area contributed by atoms with E-state index in [4.69, 9.17) is 9.97 Å².